The number of hydrogen-bond donors (Lipinski definition) is 1. The Morgan fingerprint density at radius 3 is 2.66 bits per heavy atom. The van der Waals surface area contributed by atoms with Gasteiger partial charge in [-0.2, -0.15) is 0 Å². The molecule has 158 valence electrons. The van der Waals surface area contributed by atoms with E-state index in [1.807, 2.05) is 4.90 Å². The molecule has 0 aromatic heterocycles. The summed E-state index contributed by atoms with van der Waals surface area (Å²) < 4.78 is 25.2. The predicted molar refractivity (Wildman–Crippen MR) is 103 cm³/mol. The van der Waals surface area contributed by atoms with Gasteiger partial charge in [0.25, 0.3) is 0 Å². The quantitative estimate of drug-likeness (QED) is 0.596. The van der Waals surface area contributed by atoms with Gasteiger partial charge in [0.2, 0.25) is 5.91 Å². The summed E-state index contributed by atoms with van der Waals surface area (Å²) >= 11 is 0. The number of amides is 2. The largest absolute Gasteiger partial charge is 0.442 e. The number of cyclic esters (lactones) is 1. The maximum Gasteiger partial charge on any atom is 0.414 e. The van der Waals surface area contributed by atoms with E-state index >= 15 is 0 Å². The summed E-state index contributed by atoms with van der Waals surface area (Å²) in [7, 11) is 0. The average Bonchev–Trinajstić information content (AvgIpc) is 3.38. The Kier molecular flexibility index (Phi) is 5.86. The molecule has 2 saturated heterocycles. The van der Waals surface area contributed by atoms with E-state index in [0.29, 0.717) is 42.7 Å². The Hall–Kier alpha value is -2.39. The van der Waals surface area contributed by atoms with E-state index in [9.17, 15) is 19.2 Å². The number of morpholine rings is 1. The molecule has 2 amide bonds. The molecule has 1 atom stereocenters. The van der Waals surface area contributed by atoms with Gasteiger partial charge in [-0.25, -0.2) is 14.2 Å². The minimum atomic E-state index is -0.667. The molecule has 2 heterocycles. The van der Waals surface area contributed by atoms with E-state index in [1.165, 1.54) is 11.0 Å². The Labute approximate surface area is 168 Å². The number of anilines is 2. The summed E-state index contributed by atoms with van der Waals surface area (Å²) in [4.78, 5) is 27.7. The zero-order chi connectivity index (χ0) is 20.4. The van der Waals surface area contributed by atoms with Gasteiger partial charge < -0.3 is 14.4 Å². The van der Waals surface area contributed by atoms with Crippen molar-refractivity contribution in [3.05, 3.63) is 24.0 Å². The van der Waals surface area contributed by atoms with E-state index in [1.54, 1.807) is 12.1 Å². The zero-order valence-electron chi connectivity index (χ0n) is 16.3. The fraction of sp³-hybridized carbons (Fsp3) is 0.600. The lowest BCUT2D eigenvalue weighted by Crippen LogP contribution is -2.39. The molecule has 4 rings (SSSR count). The number of rotatable bonds is 5. The molecule has 1 aromatic rings. The molecule has 1 aliphatic carbocycles. The monoisotopic (exact) mass is 407 g/mol. The molecule has 9 heteroatoms. The van der Waals surface area contributed by atoms with Crippen LogP contribution in [0.5, 0.6) is 0 Å². The van der Waals surface area contributed by atoms with Crippen LogP contribution in [-0.2, 0) is 14.3 Å². The second-order valence-corrected chi connectivity index (χ2v) is 7.75. The van der Waals surface area contributed by atoms with Gasteiger partial charge in [-0.3, -0.25) is 14.9 Å². The van der Waals surface area contributed by atoms with Crippen LogP contribution in [0.2, 0.25) is 0 Å². The van der Waals surface area contributed by atoms with Crippen LogP contribution in [0.1, 0.15) is 25.7 Å². The molecule has 1 unspecified atom stereocenters. The summed E-state index contributed by atoms with van der Waals surface area (Å²) in [6.07, 6.45) is 2.25. The number of carbonyl (C=O) groups is 2. The van der Waals surface area contributed by atoms with Gasteiger partial charge in [0.05, 0.1) is 37.7 Å². The molecule has 1 aromatic carbocycles. The molecular weight excluding hydrogens is 381 g/mol. The number of halogens is 1. The minimum Gasteiger partial charge on any atom is -0.442 e. The van der Waals surface area contributed by atoms with Crippen molar-refractivity contribution >= 4 is 23.4 Å². The van der Waals surface area contributed by atoms with Crippen LogP contribution in [0.15, 0.2) is 18.2 Å². The third kappa shape index (κ3) is 4.30. The molecule has 29 heavy (non-hydrogen) atoms. The van der Waals surface area contributed by atoms with Crippen molar-refractivity contribution < 1.29 is 28.7 Å². The van der Waals surface area contributed by atoms with Crippen molar-refractivity contribution in [2.24, 2.45) is 5.92 Å². The highest BCUT2D eigenvalue weighted by atomic mass is 19.1. The maximum absolute atomic E-state index is 14.6. The van der Waals surface area contributed by atoms with Gasteiger partial charge in [-0.05, 0) is 31.0 Å². The van der Waals surface area contributed by atoms with Crippen molar-refractivity contribution in [1.29, 1.82) is 0 Å². The molecule has 3 fully saturated rings. The SMILES string of the molecule is O=C(C1CCCC1)N(O)CC1CN(c2ccc(N3CCOCC3)c(F)c2)C(=O)O1. The molecule has 2 aliphatic heterocycles. The van der Waals surface area contributed by atoms with Crippen LogP contribution in [0.3, 0.4) is 0 Å². The Bertz CT molecular complexity index is 764. The topological polar surface area (TPSA) is 82.6 Å². The van der Waals surface area contributed by atoms with Gasteiger partial charge >= 0.3 is 6.09 Å². The zero-order valence-corrected chi connectivity index (χ0v) is 16.3. The second kappa shape index (κ2) is 8.54. The third-order valence-electron chi connectivity index (χ3n) is 5.80. The van der Waals surface area contributed by atoms with Gasteiger partial charge in [-0.1, -0.05) is 12.8 Å². The molecular formula is C20H26FN3O5. The lowest BCUT2D eigenvalue weighted by molar-refractivity contribution is -0.174. The van der Waals surface area contributed by atoms with E-state index in [-0.39, 0.29) is 24.9 Å². The summed E-state index contributed by atoms with van der Waals surface area (Å²) in [6, 6.07) is 4.64. The van der Waals surface area contributed by atoms with Crippen LogP contribution in [-0.4, -0.2) is 67.8 Å². The number of hydroxylamine groups is 2. The van der Waals surface area contributed by atoms with Gasteiger partial charge in [-0.15, -0.1) is 0 Å². The normalized spacial score (nSPS) is 22.8. The Morgan fingerprint density at radius 2 is 1.97 bits per heavy atom. The van der Waals surface area contributed by atoms with Crippen molar-refractivity contribution in [2.45, 2.75) is 31.8 Å². The molecule has 1 saturated carbocycles. The van der Waals surface area contributed by atoms with E-state index in [4.69, 9.17) is 9.47 Å². The fourth-order valence-corrected chi connectivity index (χ4v) is 4.22. The summed E-state index contributed by atoms with van der Waals surface area (Å²) in [5, 5.41) is 10.8. The summed E-state index contributed by atoms with van der Waals surface area (Å²) in [6.45, 7) is 2.39. The highest BCUT2D eigenvalue weighted by molar-refractivity contribution is 5.90. The van der Waals surface area contributed by atoms with Crippen molar-refractivity contribution in [1.82, 2.24) is 5.06 Å². The first-order valence-electron chi connectivity index (χ1n) is 10.1. The van der Waals surface area contributed by atoms with E-state index in [2.05, 4.69) is 0 Å². The number of hydrogen-bond acceptors (Lipinski definition) is 6. The first-order chi connectivity index (χ1) is 14.0. The van der Waals surface area contributed by atoms with Crippen molar-refractivity contribution in [3.63, 3.8) is 0 Å². The Balaban J connectivity index is 1.38. The lowest BCUT2D eigenvalue weighted by Gasteiger charge is -2.29. The van der Waals surface area contributed by atoms with Crippen LogP contribution < -0.4 is 9.80 Å². The minimum absolute atomic E-state index is 0.0914. The van der Waals surface area contributed by atoms with Gasteiger partial charge in [0.15, 0.2) is 0 Å². The first kappa shape index (κ1) is 19.9. The molecule has 0 spiro atoms. The summed E-state index contributed by atoms with van der Waals surface area (Å²) in [5.41, 5.74) is 0.864. The number of nitrogens with zero attached hydrogens (tertiary/aromatic N) is 3. The van der Waals surface area contributed by atoms with Crippen LogP contribution in [0.25, 0.3) is 0 Å². The standard InChI is InChI=1S/C20H26FN3O5/c21-17-11-15(5-6-18(17)22-7-9-28-10-8-22)23-12-16(29-20(23)26)13-24(27)19(25)14-3-1-2-4-14/h5-6,11,14,16,27H,1-4,7-10,12-13H2. The highest BCUT2D eigenvalue weighted by Gasteiger charge is 2.36. The van der Waals surface area contributed by atoms with E-state index in [0.717, 1.165) is 25.7 Å². The molecule has 1 N–H and O–H groups in total. The second-order valence-electron chi connectivity index (χ2n) is 7.75. The first-order valence-corrected chi connectivity index (χ1v) is 10.1. The number of carbonyl (C=O) groups excluding carboxylic acids is 2. The van der Waals surface area contributed by atoms with Crippen molar-refractivity contribution in [2.75, 3.05) is 49.2 Å². The highest BCUT2D eigenvalue weighted by Crippen LogP contribution is 2.29. The molecule has 8 nitrogen and oxygen atoms in total. The lowest BCUT2D eigenvalue weighted by atomic mass is 10.1. The van der Waals surface area contributed by atoms with Gasteiger partial charge in [0, 0.05) is 19.0 Å². The predicted octanol–water partition coefficient (Wildman–Crippen LogP) is 2.40. The molecule has 0 radical (unpaired) electrons. The van der Waals surface area contributed by atoms with Crippen LogP contribution in [0, 0.1) is 11.7 Å². The summed E-state index contributed by atoms with van der Waals surface area (Å²) in [5.74, 6) is -0.895. The molecule has 3 aliphatic rings. The maximum atomic E-state index is 14.6. The van der Waals surface area contributed by atoms with Crippen LogP contribution in [0.4, 0.5) is 20.6 Å². The van der Waals surface area contributed by atoms with Crippen molar-refractivity contribution in [3.8, 4) is 0 Å². The van der Waals surface area contributed by atoms with Gasteiger partial charge in [0.1, 0.15) is 11.9 Å². The third-order valence-corrected chi connectivity index (χ3v) is 5.80. The molecule has 0 bridgehead atoms. The Morgan fingerprint density at radius 1 is 1.24 bits per heavy atom. The fourth-order valence-electron chi connectivity index (χ4n) is 4.22. The smallest absolute Gasteiger partial charge is 0.414 e. The van der Waals surface area contributed by atoms with Crippen LogP contribution >= 0.6 is 0 Å². The number of benzene rings is 1. The average molecular weight is 407 g/mol. The van der Waals surface area contributed by atoms with E-state index < -0.39 is 18.0 Å². The number of ether oxygens (including phenoxy) is 2.